The molecule has 0 saturated heterocycles. The zero-order valence-electron chi connectivity index (χ0n) is 9.36. The Morgan fingerprint density at radius 2 is 2.25 bits per heavy atom. The molecule has 0 saturated carbocycles. The van der Waals surface area contributed by atoms with E-state index in [1.54, 1.807) is 18.2 Å². The molecule has 0 aliphatic heterocycles. The minimum Gasteiger partial charge on any atom is -0.491 e. The first-order valence-electron chi connectivity index (χ1n) is 5.02. The molecule has 0 aliphatic carbocycles. The fourth-order valence-corrected chi connectivity index (χ4v) is 1.39. The molecule has 1 rings (SSSR count). The topological polar surface area (TPSA) is 59.0 Å². The Bertz CT molecular complexity index is 435. The minimum absolute atomic E-state index is 0.246. The molecule has 0 aliphatic rings. The molecule has 1 aromatic rings. The lowest BCUT2D eigenvalue weighted by molar-refractivity contribution is 0.270. The fraction of sp³-hybridized carbons (Fsp3) is 0.333. The number of hydrogen-bond acceptors (Lipinski definition) is 3. The predicted octanol–water partition coefficient (Wildman–Crippen LogP) is 2.23. The number of para-hydroxylation sites is 1. The van der Waals surface area contributed by atoms with Crippen molar-refractivity contribution in [3.8, 4) is 11.8 Å². The van der Waals surface area contributed by atoms with Crippen molar-refractivity contribution in [2.45, 2.75) is 13.8 Å². The normalized spacial score (nSPS) is 9.88. The second kappa shape index (κ2) is 5.47. The highest BCUT2D eigenvalue weighted by Gasteiger charge is 2.12. The number of nitrogens with zero attached hydrogens (tertiary/aromatic N) is 1. The monoisotopic (exact) mass is 234 g/mol. The third-order valence-corrected chi connectivity index (χ3v) is 2.18. The summed E-state index contributed by atoms with van der Waals surface area (Å²) in [4.78, 5) is 0.246. The number of thiocarbonyl (C=S) groups is 1. The Hall–Kier alpha value is -1.60. The molecule has 4 heteroatoms. The molecule has 16 heavy (non-hydrogen) atoms. The molecule has 0 spiro atoms. The maximum Gasteiger partial charge on any atom is 0.147 e. The van der Waals surface area contributed by atoms with Crippen molar-refractivity contribution in [2.75, 3.05) is 6.61 Å². The largest absolute Gasteiger partial charge is 0.491 e. The quantitative estimate of drug-likeness (QED) is 0.812. The van der Waals surface area contributed by atoms with Gasteiger partial charge in [-0.1, -0.05) is 32.1 Å². The van der Waals surface area contributed by atoms with Crippen LogP contribution >= 0.6 is 12.2 Å². The molecule has 0 fully saturated rings. The second-order valence-corrected chi connectivity index (χ2v) is 4.30. The van der Waals surface area contributed by atoms with E-state index >= 15 is 0 Å². The van der Waals surface area contributed by atoms with Gasteiger partial charge in [0.25, 0.3) is 0 Å². The Morgan fingerprint density at radius 1 is 1.56 bits per heavy atom. The first-order chi connectivity index (χ1) is 7.56. The van der Waals surface area contributed by atoms with E-state index in [0.717, 1.165) is 0 Å². The van der Waals surface area contributed by atoms with Crippen LogP contribution in [0.3, 0.4) is 0 Å². The van der Waals surface area contributed by atoms with Gasteiger partial charge in [0.05, 0.1) is 17.7 Å². The predicted molar refractivity (Wildman–Crippen MR) is 67.4 cm³/mol. The second-order valence-electron chi connectivity index (χ2n) is 3.86. The Kier molecular flexibility index (Phi) is 4.27. The van der Waals surface area contributed by atoms with Crippen molar-refractivity contribution in [1.29, 1.82) is 5.26 Å². The highest BCUT2D eigenvalue weighted by molar-refractivity contribution is 7.80. The summed E-state index contributed by atoms with van der Waals surface area (Å²) < 4.78 is 5.59. The van der Waals surface area contributed by atoms with Crippen LogP contribution in [-0.4, -0.2) is 11.6 Å². The average molecular weight is 234 g/mol. The van der Waals surface area contributed by atoms with E-state index in [2.05, 4.69) is 6.07 Å². The summed E-state index contributed by atoms with van der Waals surface area (Å²) in [5.41, 5.74) is 6.67. The zero-order valence-corrected chi connectivity index (χ0v) is 10.2. The summed E-state index contributed by atoms with van der Waals surface area (Å²) >= 11 is 4.93. The molecular formula is C12H14N2OS. The lowest BCUT2D eigenvalue weighted by atomic mass is 10.1. The van der Waals surface area contributed by atoms with Gasteiger partial charge in [0, 0.05) is 0 Å². The number of ether oxygens (including phenoxy) is 1. The van der Waals surface area contributed by atoms with E-state index in [1.807, 2.05) is 13.8 Å². The first-order valence-corrected chi connectivity index (χ1v) is 5.42. The number of benzene rings is 1. The Labute approximate surface area is 101 Å². The molecule has 0 radical (unpaired) electrons. The van der Waals surface area contributed by atoms with Gasteiger partial charge in [-0.15, -0.1) is 0 Å². The van der Waals surface area contributed by atoms with Crippen LogP contribution in [0.4, 0.5) is 0 Å². The van der Waals surface area contributed by atoms with Crippen molar-refractivity contribution in [3.63, 3.8) is 0 Å². The van der Waals surface area contributed by atoms with Crippen LogP contribution in [0.2, 0.25) is 0 Å². The lowest BCUT2D eigenvalue weighted by Crippen LogP contribution is -2.14. The maximum absolute atomic E-state index is 8.98. The summed E-state index contributed by atoms with van der Waals surface area (Å²) in [5, 5.41) is 8.98. The van der Waals surface area contributed by atoms with Crippen molar-refractivity contribution in [2.24, 2.45) is 11.7 Å². The number of nitriles is 1. The van der Waals surface area contributed by atoms with Gasteiger partial charge in [-0.05, 0) is 18.1 Å². The lowest BCUT2D eigenvalue weighted by Gasteiger charge is -2.13. The van der Waals surface area contributed by atoms with Gasteiger partial charge in [-0.2, -0.15) is 5.26 Å². The molecule has 0 bridgehead atoms. The highest BCUT2D eigenvalue weighted by Crippen LogP contribution is 2.24. The van der Waals surface area contributed by atoms with Crippen molar-refractivity contribution < 1.29 is 4.74 Å². The van der Waals surface area contributed by atoms with Crippen LogP contribution in [0.1, 0.15) is 25.0 Å². The van der Waals surface area contributed by atoms with Gasteiger partial charge in [-0.3, -0.25) is 0 Å². The molecule has 1 aromatic carbocycles. The van der Waals surface area contributed by atoms with Crippen LogP contribution in [0, 0.1) is 17.2 Å². The molecule has 84 valence electrons. The summed E-state index contributed by atoms with van der Waals surface area (Å²) in [6, 6.07) is 7.27. The van der Waals surface area contributed by atoms with E-state index in [0.29, 0.717) is 29.4 Å². The maximum atomic E-state index is 8.98. The van der Waals surface area contributed by atoms with Gasteiger partial charge in [-0.25, -0.2) is 0 Å². The van der Waals surface area contributed by atoms with Gasteiger partial charge in [0.15, 0.2) is 0 Å². The Balaban J connectivity index is 3.11. The fourth-order valence-electron chi connectivity index (χ4n) is 1.22. The van der Waals surface area contributed by atoms with E-state index in [4.69, 9.17) is 28.0 Å². The summed E-state index contributed by atoms with van der Waals surface area (Å²) in [7, 11) is 0. The average Bonchev–Trinajstić information content (AvgIpc) is 2.25. The van der Waals surface area contributed by atoms with Crippen LogP contribution in [0.25, 0.3) is 0 Å². The number of nitrogens with two attached hydrogens (primary N) is 1. The van der Waals surface area contributed by atoms with E-state index in [-0.39, 0.29) is 4.99 Å². The van der Waals surface area contributed by atoms with Crippen molar-refractivity contribution in [3.05, 3.63) is 29.3 Å². The number of rotatable bonds is 4. The molecule has 3 nitrogen and oxygen atoms in total. The summed E-state index contributed by atoms with van der Waals surface area (Å²) in [5.74, 6) is 0.872. The molecule has 0 aromatic heterocycles. The molecular weight excluding hydrogens is 220 g/mol. The van der Waals surface area contributed by atoms with Gasteiger partial charge < -0.3 is 10.5 Å². The molecule has 0 heterocycles. The molecule has 2 N–H and O–H groups in total. The zero-order chi connectivity index (χ0) is 12.1. The van der Waals surface area contributed by atoms with Crippen LogP contribution in [0.5, 0.6) is 5.75 Å². The molecule has 0 unspecified atom stereocenters. The molecule has 0 atom stereocenters. The molecule has 0 amide bonds. The SMILES string of the molecule is CC(C)COc1c(C#N)cccc1C(N)=S. The van der Waals surface area contributed by atoms with Gasteiger partial charge in [0.1, 0.15) is 16.8 Å². The van der Waals surface area contributed by atoms with E-state index < -0.39 is 0 Å². The summed E-state index contributed by atoms with van der Waals surface area (Å²) in [6.07, 6.45) is 0. The van der Waals surface area contributed by atoms with Crippen LogP contribution in [-0.2, 0) is 0 Å². The summed E-state index contributed by atoms with van der Waals surface area (Å²) in [6.45, 7) is 4.61. The third-order valence-electron chi connectivity index (χ3n) is 1.96. The van der Waals surface area contributed by atoms with Crippen molar-refractivity contribution >= 4 is 17.2 Å². The van der Waals surface area contributed by atoms with Crippen molar-refractivity contribution in [1.82, 2.24) is 0 Å². The van der Waals surface area contributed by atoms with Gasteiger partial charge in [0.2, 0.25) is 0 Å². The number of hydrogen-bond donors (Lipinski definition) is 1. The van der Waals surface area contributed by atoms with E-state index in [9.17, 15) is 0 Å². The van der Waals surface area contributed by atoms with Crippen LogP contribution in [0.15, 0.2) is 18.2 Å². The van der Waals surface area contributed by atoms with E-state index in [1.165, 1.54) is 0 Å². The smallest absolute Gasteiger partial charge is 0.147 e. The van der Waals surface area contributed by atoms with Gasteiger partial charge >= 0.3 is 0 Å². The standard InChI is InChI=1S/C12H14N2OS/c1-8(2)7-15-11-9(6-13)4-3-5-10(11)12(14)16/h3-5,8H,7H2,1-2H3,(H2,14,16). The highest BCUT2D eigenvalue weighted by atomic mass is 32.1. The Morgan fingerprint density at radius 3 is 2.75 bits per heavy atom. The third kappa shape index (κ3) is 2.94. The van der Waals surface area contributed by atoms with Crippen LogP contribution < -0.4 is 10.5 Å². The first kappa shape index (κ1) is 12.5. The minimum atomic E-state index is 0.246.